The molecule has 0 bridgehead atoms. The van der Waals surface area contributed by atoms with Gasteiger partial charge >= 0.3 is 12.1 Å². The predicted octanol–water partition coefficient (Wildman–Crippen LogP) is 8.94. The zero-order valence-corrected chi connectivity index (χ0v) is 24.3. The number of hydrogen-bond acceptors (Lipinski definition) is 6. The minimum atomic E-state index is -4.43. The Morgan fingerprint density at radius 1 is 0.976 bits per heavy atom. The van der Waals surface area contributed by atoms with Crippen molar-refractivity contribution >= 4 is 46.3 Å². The maximum atomic E-state index is 13.0. The third kappa shape index (κ3) is 7.28. The average Bonchev–Trinajstić information content (AvgIpc) is 3.35. The van der Waals surface area contributed by atoms with Crippen LogP contribution in [0.25, 0.3) is 10.6 Å². The van der Waals surface area contributed by atoms with Crippen LogP contribution in [0.1, 0.15) is 51.5 Å². The lowest BCUT2D eigenvalue weighted by atomic mass is 10.1. The Morgan fingerprint density at radius 2 is 1.66 bits per heavy atom. The Hall–Kier alpha value is -3.40. The number of ether oxygens (including phenoxy) is 2. The fraction of sp³-hybridized carbons (Fsp3) is 0.233. The molecule has 0 aliphatic carbocycles. The lowest BCUT2D eigenvalue weighted by Gasteiger charge is -2.20. The predicted molar refractivity (Wildman–Crippen MR) is 153 cm³/mol. The Bertz CT molecular complexity index is 1540. The molecule has 4 aromatic rings. The van der Waals surface area contributed by atoms with Crippen molar-refractivity contribution in [3.8, 4) is 16.3 Å². The lowest BCUT2D eigenvalue weighted by molar-refractivity contribution is -0.151. The molecule has 1 atom stereocenters. The zero-order chi connectivity index (χ0) is 29.7. The van der Waals surface area contributed by atoms with Crippen molar-refractivity contribution in [2.75, 3.05) is 6.61 Å². The number of aromatic nitrogens is 1. The van der Waals surface area contributed by atoms with E-state index in [9.17, 15) is 22.8 Å². The van der Waals surface area contributed by atoms with E-state index in [4.69, 9.17) is 32.7 Å². The van der Waals surface area contributed by atoms with Crippen LogP contribution in [0.3, 0.4) is 0 Å². The smallest absolute Gasteiger partial charge is 0.416 e. The summed E-state index contributed by atoms with van der Waals surface area (Å²) in [5, 5.41) is 0.747. The molecule has 0 saturated heterocycles. The van der Waals surface area contributed by atoms with Crippen LogP contribution >= 0.6 is 34.5 Å². The van der Waals surface area contributed by atoms with Gasteiger partial charge in [0.05, 0.1) is 27.8 Å². The van der Waals surface area contributed by atoms with E-state index < -0.39 is 23.8 Å². The van der Waals surface area contributed by atoms with Crippen molar-refractivity contribution in [3.05, 3.63) is 104 Å². The average molecular weight is 622 g/mol. The molecule has 0 N–H and O–H groups in total. The highest BCUT2D eigenvalue weighted by molar-refractivity contribution is 7.17. The van der Waals surface area contributed by atoms with E-state index in [1.807, 2.05) is 6.07 Å². The van der Waals surface area contributed by atoms with E-state index in [-0.39, 0.29) is 41.0 Å². The number of hydrogen-bond donors (Lipinski definition) is 0. The van der Waals surface area contributed by atoms with Gasteiger partial charge < -0.3 is 9.47 Å². The van der Waals surface area contributed by atoms with E-state index in [1.165, 1.54) is 12.1 Å². The fourth-order valence-corrected chi connectivity index (χ4v) is 5.54. The van der Waals surface area contributed by atoms with Gasteiger partial charge in [-0.25, -0.2) is 9.78 Å². The highest BCUT2D eigenvalue weighted by atomic mass is 35.5. The molecule has 11 heteroatoms. The first kappa shape index (κ1) is 30.6. The molecular formula is C30H24Cl2F3NO4S. The number of nitrogens with zero attached hydrogens (tertiary/aromatic N) is 1. The number of ketones is 1. The lowest BCUT2D eigenvalue weighted by Crippen LogP contribution is -2.21. The van der Waals surface area contributed by atoms with Gasteiger partial charge in [0, 0.05) is 17.5 Å². The van der Waals surface area contributed by atoms with Crippen molar-refractivity contribution in [2.24, 2.45) is 0 Å². The first-order valence-corrected chi connectivity index (χ1v) is 14.1. The van der Waals surface area contributed by atoms with Crippen LogP contribution in [0.5, 0.6) is 5.75 Å². The Balaban J connectivity index is 1.47. The van der Waals surface area contributed by atoms with Crippen LogP contribution in [0, 0.1) is 6.92 Å². The summed E-state index contributed by atoms with van der Waals surface area (Å²) < 4.78 is 49.7. The van der Waals surface area contributed by atoms with Crippen LogP contribution < -0.4 is 4.74 Å². The van der Waals surface area contributed by atoms with Crippen LogP contribution in [0.4, 0.5) is 13.2 Å². The van der Waals surface area contributed by atoms with E-state index in [2.05, 4.69) is 4.98 Å². The van der Waals surface area contributed by atoms with Crippen LogP contribution in [-0.4, -0.2) is 23.3 Å². The van der Waals surface area contributed by atoms with Gasteiger partial charge in [-0.3, -0.25) is 4.79 Å². The van der Waals surface area contributed by atoms with Crippen LogP contribution in [-0.2, 0) is 22.1 Å². The molecule has 5 nitrogen and oxygen atoms in total. The Kier molecular flexibility index (Phi) is 9.73. The normalized spacial score (nSPS) is 12.2. The highest BCUT2D eigenvalue weighted by Crippen LogP contribution is 2.38. The summed E-state index contributed by atoms with van der Waals surface area (Å²) in [5.74, 6) is -0.568. The number of esters is 1. The molecule has 0 aliphatic rings. The minimum absolute atomic E-state index is 0.0976. The molecule has 0 amide bonds. The van der Waals surface area contributed by atoms with Gasteiger partial charge in [0.1, 0.15) is 15.8 Å². The summed E-state index contributed by atoms with van der Waals surface area (Å²) in [6.45, 7) is 3.56. The molecule has 0 aliphatic heterocycles. The molecule has 3 aromatic carbocycles. The van der Waals surface area contributed by atoms with E-state index in [0.717, 1.165) is 23.5 Å². The number of thiazole rings is 1. The quantitative estimate of drug-likeness (QED) is 0.131. The van der Waals surface area contributed by atoms with Crippen molar-refractivity contribution in [2.45, 2.75) is 39.0 Å². The standard InChI is InChI=1S/C30H24Cl2F3NO4S/c1-3-39-29(38)26(19-7-5-4-6-8-19)40-23-16-12-18(24(31)25(23)32)11-15-22(37)27-17(2)36-28(41-27)20-9-13-21(14-10-20)30(33,34)35/h4-10,12-14,16,26H,3,11,15H2,1-2H3. The number of aryl methyl sites for hydroxylation is 2. The monoisotopic (exact) mass is 621 g/mol. The van der Waals surface area contributed by atoms with Crippen LogP contribution in [0.15, 0.2) is 66.7 Å². The van der Waals surface area contributed by atoms with Gasteiger partial charge in [-0.05, 0) is 44.0 Å². The van der Waals surface area contributed by atoms with E-state index in [0.29, 0.717) is 32.3 Å². The first-order valence-electron chi connectivity index (χ1n) is 12.5. The maximum Gasteiger partial charge on any atom is 0.416 e. The summed E-state index contributed by atoms with van der Waals surface area (Å²) in [6.07, 6.45) is -5.12. The molecule has 0 saturated carbocycles. The van der Waals surface area contributed by atoms with Gasteiger partial charge in [-0.1, -0.05) is 71.7 Å². The third-order valence-corrected chi connectivity index (χ3v) is 8.26. The molecule has 214 valence electrons. The summed E-state index contributed by atoms with van der Waals surface area (Å²) in [4.78, 5) is 30.4. The second-order valence-electron chi connectivity index (χ2n) is 8.94. The van der Waals surface area contributed by atoms with Crippen molar-refractivity contribution in [1.29, 1.82) is 0 Å². The zero-order valence-electron chi connectivity index (χ0n) is 21.9. The topological polar surface area (TPSA) is 65.5 Å². The Morgan fingerprint density at radius 3 is 2.29 bits per heavy atom. The summed E-state index contributed by atoms with van der Waals surface area (Å²) >= 11 is 14.2. The Labute approximate surface area is 248 Å². The molecule has 0 radical (unpaired) electrons. The summed E-state index contributed by atoms with van der Waals surface area (Å²) in [5.41, 5.74) is 1.42. The number of alkyl halides is 3. The molecule has 4 rings (SSSR count). The van der Waals surface area contributed by atoms with Gasteiger partial charge in [-0.2, -0.15) is 13.2 Å². The number of carbonyl (C=O) groups is 2. The number of carbonyl (C=O) groups excluding carboxylic acids is 2. The van der Waals surface area contributed by atoms with E-state index >= 15 is 0 Å². The molecular weight excluding hydrogens is 598 g/mol. The van der Waals surface area contributed by atoms with E-state index in [1.54, 1.807) is 50.2 Å². The van der Waals surface area contributed by atoms with Gasteiger partial charge in [-0.15, -0.1) is 11.3 Å². The SMILES string of the molecule is CCOC(=O)C(Oc1ccc(CCC(=O)c2sc(-c3ccc(C(F)(F)F)cc3)nc2C)c(Cl)c1Cl)c1ccccc1. The maximum absolute atomic E-state index is 13.0. The second-order valence-corrected chi connectivity index (χ2v) is 10.7. The van der Waals surface area contributed by atoms with Crippen molar-refractivity contribution in [3.63, 3.8) is 0 Å². The number of Topliss-reactive ketones (excluding diaryl/α,β-unsaturated/α-hetero) is 1. The molecule has 0 spiro atoms. The molecule has 1 aromatic heterocycles. The highest BCUT2D eigenvalue weighted by Gasteiger charge is 2.30. The molecule has 1 heterocycles. The summed E-state index contributed by atoms with van der Waals surface area (Å²) in [6, 6.07) is 16.8. The minimum Gasteiger partial charge on any atom is -0.472 e. The van der Waals surface area contributed by atoms with Gasteiger partial charge in [0.15, 0.2) is 5.78 Å². The third-order valence-electron chi connectivity index (χ3n) is 6.11. The first-order chi connectivity index (χ1) is 19.5. The van der Waals surface area contributed by atoms with Crippen molar-refractivity contribution < 1.29 is 32.2 Å². The van der Waals surface area contributed by atoms with Gasteiger partial charge in [0.25, 0.3) is 0 Å². The van der Waals surface area contributed by atoms with Crippen molar-refractivity contribution in [1.82, 2.24) is 4.98 Å². The molecule has 0 fully saturated rings. The molecule has 1 unspecified atom stereocenters. The number of rotatable bonds is 10. The second kappa shape index (κ2) is 13.1. The largest absolute Gasteiger partial charge is 0.472 e. The van der Waals surface area contributed by atoms with Gasteiger partial charge in [0.2, 0.25) is 6.10 Å². The molecule has 41 heavy (non-hydrogen) atoms. The fourth-order valence-electron chi connectivity index (χ4n) is 4.02. The number of benzene rings is 3. The summed E-state index contributed by atoms with van der Waals surface area (Å²) in [7, 11) is 0. The van der Waals surface area contributed by atoms with Crippen LogP contribution in [0.2, 0.25) is 10.0 Å². The number of halogens is 5.